The Morgan fingerprint density at radius 1 is 1.17 bits per heavy atom. The smallest absolute Gasteiger partial charge is 0.313 e. The summed E-state index contributed by atoms with van der Waals surface area (Å²) in [5.74, 6) is -1.23. The van der Waals surface area contributed by atoms with Crippen LogP contribution in [0.1, 0.15) is 36.8 Å². The number of hydrogen-bond donors (Lipinski definition) is 3. The fraction of sp³-hybridized carbons (Fsp3) is 0.333. The third-order valence-corrected chi connectivity index (χ3v) is 3.75. The monoisotopic (exact) mass is 330 g/mol. The minimum atomic E-state index is -0.994. The molecule has 0 aliphatic carbocycles. The molecule has 1 atom stereocenters. The zero-order valence-electron chi connectivity index (χ0n) is 13.8. The van der Waals surface area contributed by atoms with E-state index >= 15 is 0 Å². The van der Waals surface area contributed by atoms with E-state index in [1.54, 1.807) is 12.1 Å². The van der Waals surface area contributed by atoms with Crippen LogP contribution in [0.3, 0.4) is 0 Å². The maximum absolute atomic E-state index is 12.1. The number of anilines is 1. The van der Waals surface area contributed by atoms with Gasteiger partial charge in [0.15, 0.2) is 0 Å². The van der Waals surface area contributed by atoms with Crippen LogP contribution < -0.4 is 10.6 Å². The van der Waals surface area contributed by atoms with Crippen molar-refractivity contribution in [3.63, 3.8) is 0 Å². The van der Waals surface area contributed by atoms with Crippen molar-refractivity contribution in [1.82, 2.24) is 5.32 Å². The van der Waals surface area contributed by atoms with Gasteiger partial charge in [0.1, 0.15) is 11.9 Å². The first-order valence-electron chi connectivity index (χ1n) is 7.97. The molecule has 0 fully saturated rings. The lowest BCUT2D eigenvalue weighted by molar-refractivity contribution is -0.136. The summed E-state index contributed by atoms with van der Waals surface area (Å²) in [6.07, 6.45) is 2.03. The van der Waals surface area contributed by atoms with E-state index < -0.39 is 17.9 Å². The van der Waals surface area contributed by atoms with Crippen molar-refractivity contribution in [3.8, 4) is 0 Å². The lowest BCUT2D eigenvalue weighted by Gasteiger charge is -2.12. The Kier molecular flexibility index (Phi) is 6.14. The molecule has 1 aromatic carbocycles. The van der Waals surface area contributed by atoms with Gasteiger partial charge < -0.3 is 20.2 Å². The lowest BCUT2D eigenvalue weighted by atomic mass is 10.1. The largest absolute Gasteiger partial charge is 0.467 e. The zero-order valence-corrected chi connectivity index (χ0v) is 13.8. The van der Waals surface area contributed by atoms with E-state index in [9.17, 15) is 14.7 Å². The minimum Gasteiger partial charge on any atom is -0.467 e. The molecule has 3 N–H and O–H groups in total. The molecule has 0 radical (unpaired) electrons. The van der Waals surface area contributed by atoms with Gasteiger partial charge in [-0.1, -0.05) is 26.0 Å². The molecule has 0 bridgehead atoms. The first-order valence-corrected chi connectivity index (χ1v) is 7.97. The summed E-state index contributed by atoms with van der Waals surface area (Å²) in [5.41, 5.74) is 2.68. The van der Waals surface area contributed by atoms with E-state index in [4.69, 9.17) is 4.42 Å². The summed E-state index contributed by atoms with van der Waals surface area (Å²) in [4.78, 5) is 24.0. The normalized spacial score (nSPS) is 11.8. The summed E-state index contributed by atoms with van der Waals surface area (Å²) >= 11 is 0. The molecule has 0 saturated heterocycles. The molecule has 2 aromatic rings. The number of nitrogens with one attached hydrogen (secondary N) is 2. The van der Waals surface area contributed by atoms with Gasteiger partial charge in [-0.3, -0.25) is 9.59 Å². The molecule has 0 aliphatic heterocycles. The highest BCUT2D eigenvalue weighted by molar-refractivity contribution is 6.39. The van der Waals surface area contributed by atoms with Gasteiger partial charge in [-0.05, 0) is 42.2 Å². The van der Waals surface area contributed by atoms with Crippen LogP contribution >= 0.6 is 0 Å². The number of aliphatic hydroxyl groups is 1. The van der Waals surface area contributed by atoms with Crippen LogP contribution in [0.5, 0.6) is 0 Å². The van der Waals surface area contributed by atoms with Gasteiger partial charge in [0.05, 0.1) is 12.8 Å². The van der Waals surface area contributed by atoms with Crippen molar-refractivity contribution < 1.29 is 19.1 Å². The van der Waals surface area contributed by atoms with Crippen molar-refractivity contribution >= 4 is 17.5 Å². The number of carbonyl (C=O) groups excluding carboxylic acids is 2. The predicted octanol–water partition coefficient (Wildman–Crippen LogP) is 2.19. The second-order valence-corrected chi connectivity index (χ2v) is 5.39. The Morgan fingerprint density at radius 3 is 2.58 bits per heavy atom. The number of benzene rings is 1. The average molecular weight is 330 g/mol. The molecular weight excluding hydrogens is 308 g/mol. The number of carbonyl (C=O) groups is 2. The van der Waals surface area contributed by atoms with E-state index in [0.717, 1.165) is 24.0 Å². The first kappa shape index (κ1) is 17.7. The Morgan fingerprint density at radius 2 is 1.96 bits per heavy atom. The SMILES string of the molecule is CCc1ccc(CC)c(NC(=O)C(=O)NCC(O)c2ccco2)c1. The standard InChI is InChI=1S/C18H22N2O4/c1-3-12-7-8-13(4-2)14(10-12)20-18(23)17(22)19-11-15(21)16-6-5-9-24-16/h5-10,15,21H,3-4,11H2,1-2H3,(H,19,22)(H,20,23). The number of aryl methyl sites for hydroxylation is 2. The predicted molar refractivity (Wildman–Crippen MR) is 90.5 cm³/mol. The third kappa shape index (κ3) is 4.45. The van der Waals surface area contributed by atoms with Gasteiger partial charge in [-0.25, -0.2) is 0 Å². The van der Waals surface area contributed by atoms with Gasteiger partial charge >= 0.3 is 11.8 Å². The summed E-state index contributed by atoms with van der Waals surface area (Å²) in [5, 5.41) is 14.9. The number of amides is 2. The second kappa shape index (κ2) is 8.31. The van der Waals surface area contributed by atoms with Crippen LogP contribution in [-0.2, 0) is 22.4 Å². The molecule has 24 heavy (non-hydrogen) atoms. The van der Waals surface area contributed by atoms with E-state index in [-0.39, 0.29) is 6.54 Å². The number of aliphatic hydroxyl groups excluding tert-OH is 1. The number of furan rings is 1. The van der Waals surface area contributed by atoms with E-state index in [0.29, 0.717) is 11.4 Å². The van der Waals surface area contributed by atoms with Crippen molar-refractivity contribution in [3.05, 3.63) is 53.5 Å². The Balaban J connectivity index is 1.95. The highest BCUT2D eigenvalue weighted by Crippen LogP contribution is 2.19. The van der Waals surface area contributed by atoms with Gasteiger partial charge in [0.25, 0.3) is 0 Å². The molecule has 1 unspecified atom stereocenters. The highest BCUT2D eigenvalue weighted by atomic mass is 16.4. The van der Waals surface area contributed by atoms with Crippen molar-refractivity contribution in [1.29, 1.82) is 0 Å². The third-order valence-electron chi connectivity index (χ3n) is 3.75. The Hall–Kier alpha value is -2.60. The van der Waals surface area contributed by atoms with Gasteiger partial charge in [-0.2, -0.15) is 0 Å². The minimum absolute atomic E-state index is 0.102. The Labute approximate surface area is 140 Å². The summed E-state index contributed by atoms with van der Waals surface area (Å²) in [6.45, 7) is 3.90. The van der Waals surface area contributed by atoms with Crippen LogP contribution in [0.15, 0.2) is 41.0 Å². The maximum atomic E-state index is 12.1. The molecule has 2 rings (SSSR count). The molecule has 6 nitrogen and oxygen atoms in total. The molecule has 1 aromatic heterocycles. The van der Waals surface area contributed by atoms with E-state index in [2.05, 4.69) is 10.6 Å². The highest BCUT2D eigenvalue weighted by Gasteiger charge is 2.18. The molecule has 0 saturated carbocycles. The fourth-order valence-electron chi connectivity index (χ4n) is 2.30. The van der Waals surface area contributed by atoms with Crippen molar-refractivity contribution in [2.24, 2.45) is 0 Å². The number of rotatable bonds is 6. The van der Waals surface area contributed by atoms with Crippen LogP contribution in [-0.4, -0.2) is 23.5 Å². The van der Waals surface area contributed by atoms with E-state index in [1.165, 1.54) is 6.26 Å². The van der Waals surface area contributed by atoms with E-state index in [1.807, 2.05) is 32.0 Å². The lowest BCUT2D eigenvalue weighted by Crippen LogP contribution is -2.37. The summed E-state index contributed by atoms with van der Waals surface area (Å²) in [6, 6.07) is 9.07. The van der Waals surface area contributed by atoms with Gasteiger partial charge in [-0.15, -0.1) is 0 Å². The maximum Gasteiger partial charge on any atom is 0.313 e. The topological polar surface area (TPSA) is 91.6 Å². The molecule has 6 heteroatoms. The summed E-state index contributed by atoms with van der Waals surface area (Å²) in [7, 11) is 0. The zero-order chi connectivity index (χ0) is 17.5. The van der Waals surface area contributed by atoms with Crippen LogP contribution in [0, 0.1) is 0 Å². The van der Waals surface area contributed by atoms with Gasteiger partial charge in [0, 0.05) is 5.69 Å². The van der Waals surface area contributed by atoms with Crippen molar-refractivity contribution in [2.75, 3.05) is 11.9 Å². The molecule has 0 aliphatic rings. The molecule has 128 valence electrons. The number of hydrogen-bond acceptors (Lipinski definition) is 4. The van der Waals surface area contributed by atoms with Crippen molar-refractivity contribution in [2.45, 2.75) is 32.8 Å². The molecule has 1 heterocycles. The molecule has 2 amide bonds. The van der Waals surface area contributed by atoms with Crippen LogP contribution in [0.2, 0.25) is 0 Å². The van der Waals surface area contributed by atoms with Gasteiger partial charge in [0.2, 0.25) is 0 Å². The second-order valence-electron chi connectivity index (χ2n) is 5.39. The first-order chi connectivity index (χ1) is 11.5. The fourth-order valence-corrected chi connectivity index (χ4v) is 2.30. The molecular formula is C18H22N2O4. The van der Waals surface area contributed by atoms with Crippen LogP contribution in [0.4, 0.5) is 5.69 Å². The summed E-state index contributed by atoms with van der Waals surface area (Å²) < 4.78 is 5.04. The average Bonchev–Trinajstić information content (AvgIpc) is 3.13. The molecule has 0 spiro atoms. The Bertz CT molecular complexity index is 695. The van der Waals surface area contributed by atoms with Crippen LogP contribution in [0.25, 0.3) is 0 Å². The quantitative estimate of drug-likeness (QED) is 0.708.